The Morgan fingerprint density at radius 1 is 1.24 bits per heavy atom. The molecule has 0 fully saturated rings. The van der Waals surface area contributed by atoms with Crippen LogP contribution >= 0.6 is 0 Å². The number of rotatable bonds is 6. The van der Waals surface area contributed by atoms with Crippen molar-refractivity contribution in [3.63, 3.8) is 0 Å². The highest BCUT2D eigenvalue weighted by atomic mass is 16.5. The second-order valence-corrected chi connectivity index (χ2v) is 3.96. The van der Waals surface area contributed by atoms with Crippen molar-refractivity contribution in [1.29, 1.82) is 0 Å². The van der Waals surface area contributed by atoms with Gasteiger partial charge in [-0.3, -0.25) is 4.79 Å². The lowest BCUT2D eigenvalue weighted by Gasteiger charge is -2.12. The van der Waals surface area contributed by atoms with Crippen LogP contribution in [-0.4, -0.2) is 32.8 Å². The number of methoxy groups -OCH3 is 2. The summed E-state index contributed by atoms with van der Waals surface area (Å²) in [5.41, 5.74) is 1.70. The van der Waals surface area contributed by atoms with Gasteiger partial charge in [0, 0.05) is 25.8 Å². The first-order valence-corrected chi connectivity index (χ1v) is 5.55. The number of hydrogen-bond donors (Lipinski definition) is 1. The summed E-state index contributed by atoms with van der Waals surface area (Å²) in [5, 5.41) is 2.85. The number of ether oxygens (including phenoxy) is 2. The second kappa shape index (κ2) is 7.04. The zero-order valence-electron chi connectivity index (χ0n) is 10.5. The summed E-state index contributed by atoms with van der Waals surface area (Å²) in [6, 6.07) is 7.37. The van der Waals surface area contributed by atoms with Crippen molar-refractivity contribution in [2.45, 2.75) is 19.6 Å². The van der Waals surface area contributed by atoms with Crippen LogP contribution in [0.3, 0.4) is 0 Å². The van der Waals surface area contributed by atoms with Crippen molar-refractivity contribution >= 4 is 5.91 Å². The number of hydrogen-bond acceptors (Lipinski definition) is 3. The van der Waals surface area contributed by atoms with Crippen molar-refractivity contribution in [3.05, 3.63) is 35.4 Å². The predicted octanol–water partition coefficient (Wildman–Crippen LogP) is 1.60. The molecule has 1 aromatic carbocycles. The van der Waals surface area contributed by atoms with E-state index >= 15 is 0 Å². The van der Waals surface area contributed by atoms with E-state index in [1.54, 1.807) is 26.4 Å². The number of nitrogens with one attached hydrogen (secondary N) is 1. The third-order valence-electron chi connectivity index (χ3n) is 2.32. The predicted molar refractivity (Wildman–Crippen MR) is 66.0 cm³/mol. The average Bonchev–Trinajstić information content (AvgIpc) is 2.30. The van der Waals surface area contributed by atoms with E-state index in [1.165, 1.54) is 0 Å². The lowest BCUT2D eigenvalue weighted by atomic mass is 10.1. The molecule has 94 valence electrons. The summed E-state index contributed by atoms with van der Waals surface area (Å²) in [4.78, 5) is 11.8. The molecule has 1 aromatic rings. The Morgan fingerprint density at radius 3 is 2.41 bits per heavy atom. The zero-order valence-corrected chi connectivity index (χ0v) is 10.5. The SMILES string of the molecule is COCc1ccc(C(=O)N[C@@H](C)COC)cc1. The molecule has 0 aliphatic heterocycles. The lowest BCUT2D eigenvalue weighted by molar-refractivity contribution is 0.0905. The molecule has 1 rings (SSSR count). The molecule has 0 bridgehead atoms. The Bertz CT molecular complexity index is 348. The summed E-state index contributed by atoms with van der Waals surface area (Å²) in [6.07, 6.45) is 0. The maximum atomic E-state index is 11.8. The summed E-state index contributed by atoms with van der Waals surface area (Å²) in [5.74, 6) is -0.0847. The van der Waals surface area contributed by atoms with E-state index in [2.05, 4.69) is 5.32 Å². The minimum atomic E-state index is -0.0847. The van der Waals surface area contributed by atoms with Gasteiger partial charge in [-0.05, 0) is 24.6 Å². The lowest BCUT2D eigenvalue weighted by Crippen LogP contribution is -2.35. The van der Waals surface area contributed by atoms with Crippen molar-refractivity contribution in [2.75, 3.05) is 20.8 Å². The number of carbonyl (C=O) groups is 1. The van der Waals surface area contributed by atoms with E-state index in [4.69, 9.17) is 9.47 Å². The zero-order chi connectivity index (χ0) is 12.7. The fourth-order valence-corrected chi connectivity index (χ4v) is 1.52. The third-order valence-corrected chi connectivity index (χ3v) is 2.32. The molecule has 0 aliphatic rings. The van der Waals surface area contributed by atoms with Crippen LogP contribution in [0.1, 0.15) is 22.8 Å². The van der Waals surface area contributed by atoms with Crippen LogP contribution in [0.4, 0.5) is 0 Å². The summed E-state index contributed by atoms with van der Waals surface area (Å²) in [6.45, 7) is 2.97. The highest BCUT2D eigenvalue weighted by molar-refractivity contribution is 5.94. The van der Waals surface area contributed by atoms with E-state index in [9.17, 15) is 4.79 Å². The van der Waals surface area contributed by atoms with Gasteiger partial charge in [0.05, 0.1) is 13.2 Å². The van der Waals surface area contributed by atoms with Crippen LogP contribution in [0.2, 0.25) is 0 Å². The fourth-order valence-electron chi connectivity index (χ4n) is 1.52. The molecule has 0 unspecified atom stereocenters. The molecule has 17 heavy (non-hydrogen) atoms. The fraction of sp³-hybridized carbons (Fsp3) is 0.462. The standard InChI is InChI=1S/C13H19NO3/c1-10(8-16-2)14-13(15)12-6-4-11(5-7-12)9-17-3/h4-7,10H,8-9H2,1-3H3,(H,14,15)/t10-/m0/s1. The molecule has 1 amide bonds. The van der Waals surface area contributed by atoms with Gasteiger partial charge in [0.1, 0.15) is 0 Å². The Kier molecular flexibility index (Phi) is 5.66. The third kappa shape index (κ3) is 4.54. The van der Waals surface area contributed by atoms with Gasteiger partial charge in [-0.25, -0.2) is 0 Å². The first kappa shape index (κ1) is 13.7. The molecule has 4 nitrogen and oxygen atoms in total. The Morgan fingerprint density at radius 2 is 1.88 bits per heavy atom. The summed E-state index contributed by atoms with van der Waals surface area (Å²) < 4.78 is 9.97. The number of amides is 1. The number of benzene rings is 1. The smallest absolute Gasteiger partial charge is 0.251 e. The van der Waals surface area contributed by atoms with Crippen molar-refractivity contribution < 1.29 is 14.3 Å². The number of carbonyl (C=O) groups excluding carboxylic acids is 1. The van der Waals surface area contributed by atoms with Crippen LogP contribution in [0.25, 0.3) is 0 Å². The van der Waals surface area contributed by atoms with Crippen LogP contribution < -0.4 is 5.32 Å². The molecular formula is C13H19NO3. The van der Waals surface area contributed by atoms with Gasteiger partial charge in [0.2, 0.25) is 0 Å². The molecule has 1 atom stereocenters. The first-order chi connectivity index (χ1) is 8.17. The molecule has 0 spiro atoms. The van der Waals surface area contributed by atoms with Gasteiger partial charge in [-0.2, -0.15) is 0 Å². The van der Waals surface area contributed by atoms with Crippen LogP contribution in [0.15, 0.2) is 24.3 Å². The van der Waals surface area contributed by atoms with Gasteiger partial charge in [0.25, 0.3) is 5.91 Å². The molecule has 0 saturated carbocycles. The van der Waals surface area contributed by atoms with E-state index in [1.807, 2.05) is 19.1 Å². The molecule has 0 aromatic heterocycles. The quantitative estimate of drug-likeness (QED) is 0.817. The molecule has 0 saturated heterocycles. The Balaban J connectivity index is 2.57. The summed E-state index contributed by atoms with van der Waals surface area (Å²) in [7, 11) is 3.26. The maximum Gasteiger partial charge on any atom is 0.251 e. The van der Waals surface area contributed by atoms with E-state index in [-0.39, 0.29) is 11.9 Å². The second-order valence-electron chi connectivity index (χ2n) is 3.96. The maximum absolute atomic E-state index is 11.8. The van der Waals surface area contributed by atoms with Gasteiger partial charge in [0.15, 0.2) is 0 Å². The minimum Gasteiger partial charge on any atom is -0.383 e. The van der Waals surface area contributed by atoms with E-state index < -0.39 is 0 Å². The van der Waals surface area contributed by atoms with Crippen molar-refractivity contribution in [1.82, 2.24) is 5.32 Å². The van der Waals surface area contributed by atoms with Gasteiger partial charge in [-0.1, -0.05) is 12.1 Å². The van der Waals surface area contributed by atoms with E-state index in [0.29, 0.717) is 18.8 Å². The minimum absolute atomic E-state index is 0.00570. The highest BCUT2D eigenvalue weighted by Gasteiger charge is 2.09. The molecule has 4 heteroatoms. The van der Waals surface area contributed by atoms with Crippen LogP contribution in [0.5, 0.6) is 0 Å². The van der Waals surface area contributed by atoms with Crippen LogP contribution in [-0.2, 0) is 16.1 Å². The molecular weight excluding hydrogens is 218 g/mol. The Hall–Kier alpha value is -1.39. The van der Waals surface area contributed by atoms with Crippen LogP contribution in [0, 0.1) is 0 Å². The average molecular weight is 237 g/mol. The van der Waals surface area contributed by atoms with E-state index in [0.717, 1.165) is 5.56 Å². The van der Waals surface area contributed by atoms with Crippen molar-refractivity contribution in [3.8, 4) is 0 Å². The molecule has 0 radical (unpaired) electrons. The highest BCUT2D eigenvalue weighted by Crippen LogP contribution is 2.05. The normalized spacial score (nSPS) is 12.2. The van der Waals surface area contributed by atoms with Gasteiger partial charge < -0.3 is 14.8 Å². The molecule has 1 N–H and O–H groups in total. The van der Waals surface area contributed by atoms with Gasteiger partial charge in [-0.15, -0.1) is 0 Å². The molecule has 0 heterocycles. The monoisotopic (exact) mass is 237 g/mol. The topological polar surface area (TPSA) is 47.6 Å². The van der Waals surface area contributed by atoms with Crippen molar-refractivity contribution in [2.24, 2.45) is 0 Å². The van der Waals surface area contributed by atoms with Gasteiger partial charge >= 0.3 is 0 Å². The summed E-state index contributed by atoms with van der Waals surface area (Å²) >= 11 is 0. The first-order valence-electron chi connectivity index (χ1n) is 5.55. The largest absolute Gasteiger partial charge is 0.383 e. The Labute approximate surface area is 102 Å². The molecule has 0 aliphatic carbocycles.